The third kappa shape index (κ3) is 5.96. The first kappa shape index (κ1) is 20.9. The van der Waals surface area contributed by atoms with Crippen molar-refractivity contribution in [3.05, 3.63) is 212 Å². The van der Waals surface area contributed by atoms with Gasteiger partial charge in [-0.3, -0.25) is 0 Å². The first-order valence-corrected chi connectivity index (χ1v) is 18.3. The average Bonchev–Trinajstić information content (AvgIpc) is 3.80. The van der Waals surface area contributed by atoms with Crippen LogP contribution in [0.15, 0.2) is 216 Å². The lowest BCUT2D eigenvalue weighted by atomic mass is 9.96. The van der Waals surface area contributed by atoms with Crippen LogP contribution in [-0.2, 0) is 0 Å². The quantitative estimate of drug-likeness (QED) is 0.162. The molecular formula is C54H35N3O. The molecule has 0 amide bonds. The molecule has 0 spiro atoms. The predicted octanol–water partition coefficient (Wildman–Crippen LogP) is 14.8. The van der Waals surface area contributed by atoms with Gasteiger partial charge in [0.05, 0.1) is 44.4 Å². The molecule has 272 valence electrons. The Labute approximate surface area is 358 Å². The van der Waals surface area contributed by atoms with Gasteiger partial charge < -0.3 is 9.32 Å². The maximum atomic E-state index is 9.67. The summed E-state index contributed by atoms with van der Waals surface area (Å²) in [5.74, 6) is 0. The fraction of sp³-hybridized carbons (Fsp3) is 0. The van der Waals surface area contributed by atoms with Gasteiger partial charge in [0.25, 0.3) is 0 Å². The fourth-order valence-corrected chi connectivity index (χ4v) is 7.20. The van der Waals surface area contributed by atoms with E-state index in [0.29, 0.717) is 21.5 Å². The van der Waals surface area contributed by atoms with Crippen LogP contribution in [0.1, 0.15) is 21.9 Å². The monoisotopic (exact) mass is 757 g/mol. The topological polar surface area (TPSA) is 42.2 Å². The number of furan rings is 1. The zero-order valence-electron chi connectivity index (χ0n) is 46.2. The molecular weight excluding hydrogens is 707 g/mol. The molecule has 4 heteroatoms. The highest BCUT2D eigenvalue weighted by Gasteiger charge is 2.17. The van der Waals surface area contributed by atoms with Gasteiger partial charge in [-0.15, -0.1) is 0 Å². The van der Waals surface area contributed by atoms with Crippen LogP contribution in [0.4, 0.5) is 17.1 Å². The van der Waals surface area contributed by atoms with E-state index in [4.69, 9.17) is 28.1 Å². The lowest BCUT2D eigenvalue weighted by Gasteiger charge is -2.25. The van der Waals surface area contributed by atoms with Gasteiger partial charge in [-0.25, -0.2) is 9.97 Å². The van der Waals surface area contributed by atoms with Crippen LogP contribution in [0.25, 0.3) is 88.5 Å². The Morgan fingerprint density at radius 1 is 0.431 bits per heavy atom. The number of para-hydroxylation sites is 4. The zero-order chi connectivity index (χ0) is 52.3. The van der Waals surface area contributed by atoms with Crippen molar-refractivity contribution in [2.24, 2.45) is 0 Å². The summed E-state index contributed by atoms with van der Waals surface area (Å²) >= 11 is 0. The minimum absolute atomic E-state index is 0.166. The Morgan fingerprint density at radius 2 is 1.05 bits per heavy atom. The van der Waals surface area contributed by atoms with E-state index in [-0.39, 0.29) is 11.1 Å². The van der Waals surface area contributed by atoms with Crippen LogP contribution in [0, 0.1) is 0 Å². The molecule has 0 bridgehead atoms. The normalized spacial score (nSPS) is 15.3. The van der Waals surface area contributed by atoms with Crippen LogP contribution >= 0.6 is 0 Å². The summed E-state index contributed by atoms with van der Waals surface area (Å²) in [5, 5.41) is 0.551. The molecule has 2 heterocycles. The van der Waals surface area contributed by atoms with Crippen LogP contribution < -0.4 is 4.90 Å². The molecule has 0 fully saturated rings. The van der Waals surface area contributed by atoms with Crippen molar-refractivity contribution in [1.82, 2.24) is 9.97 Å². The van der Waals surface area contributed by atoms with Gasteiger partial charge in [-0.1, -0.05) is 139 Å². The molecule has 11 aromatic rings. The van der Waals surface area contributed by atoms with Crippen LogP contribution in [0.3, 0.4) is 0 Å². The molecule has 0 N–H and O–H groups in total. The summed E-state index contributed by atoms with van der Waals surface area (Å²) in [6, 6.07) is 23.1. The third-order valence-corrected chi connectivity index (χ3v) is 9.88. The van der Waals surface area contributed by atoms with Crippen molar-refractivity contribution < 1.29 is 26.3 Å². The minimum atomic E-state index is -0.921. The second-order valence-corrected chi connectivity index (χ2v) is 13.4. The second kappa shape index (κ2) is 14.0. The second-order valence-electron chi connectivity index (χ2n) is 13.4. The van der Waals surface area contributed by atoms with Gasteiger partial charge in [0.2, 0.25) is 0 Å². The minimum Gasteiger partial charge on any atom is -0.456 e. The number of nitrogens with zero attached hydrogens (tertiary/aromatic N) is 3. The first-order valence-electron chi connectivity index (χ1n) is 26.3. The number of aromatic nitrogens is 2. The standard InChI is InChI=1S/C54H35N3O/c1-4-13-38(14-5-1)53-54(56-49-21-11-10-20-48(49)55-53)39-26-24-37(25-27-39)46-19-12-22-50-52(46)47-32-30-41(35-51(47)58-50)40-28-23-36-29-31-45(34-42(36)33-40)57(43-15-6-2-7-16-43)44-17-8-3-9-18-44/h1-35H/i2D,3D,6D,7D,8D,9D,15D,16D,17D,18D,23D,28D,29D,31D,33D,34D. The number of rotatable bonds is 7. The largest absolute Gasteiger partial charge is 0.456 e. The lowest BCUT2D eigenvalue weighted by Crippen LogP contribution is -2.09. The number of fused-ring (bicyclic) bond motifs is 5. The molecule has 0 atom stereocenters. The number of hydrogen-bond donors (Lipinski definition) is 0. The summed E-state index contributed by atoms with van der Waals surface area (Å²) < 4.78 is 148. The van der Waals surface area contributed by atoms with Gasteiger partial charge in [-0.05, 0) is 106 Å². The van der Waals surface area contributed by atoms with E-state index < -0.39 is 125 Å². The SMILES string of the molecule is [2H]c1c([2H])c([2H])c(N(c2c([2H])c([2H])c([2H])c([2H])c2[2H])c2c([2H])c([2H])c3c([2H])c([2H])c(-c4ccc5c(c4)oc4cccc(-c6ccc(-c7nc8ccccc8nc7-c7ccccc7)cc6)c45)c([2H])c3c2[2H])c([2H])c1[2H]. The molecule has 0 aliphatic rings. The summed E-state index contributed by atoms with van der Waals surface area (Å²) in [7, 11) is 0. The van der Waals surface area contributed by atoms with Crippen LogP contribution in [0.5, 0.6) is 0 Å². The highest BCUT2D eigenvalue weighted by Crippen LogP contribution is 2.41. The Bertz CT molecular complexity index is 4100. The van der Waals surface area contributed by atoms with Crippen LogP contribution in [0.2, 0.25) is 0 Å². The average molecular weight is 758 g/mol. The van der Waals surface area contributed by atoms with E-state index in [0.717, 1.165) is 50.1 Å². The van der Waals surface area contributed by atoms with Crippen molar-refractivity contribution in [3.8, 4) is 44.8 Å². The molecule has 0 unspecified atom stereocenters. The zero-order valence-corrected chi connectivity index (χ0v) is 30.2. The summed E-state index contributed by atoms with van der Waals surface area (Å²) in [6.07, 6.45) is 0. The van der Waals surface area contributed by atoms with E-state index in [2.05, 4.69) is 0 Å². The van der Waals surface area contributed by atoms with Gasteiger partial charge >= 0.3 is 0 Å². The fourth-order valence-electron chi connectivity index (χ4n) is 7.20. The van der Waals surface area contributed by atoms with Crippen molar-refractivity contribution in [1.29, 1.82) is 0 Å². The van der Waals surface area contributed by atoms with E-state index in [1.54, 1.807) is 18.2 Å². The molecule has 9 aromatic carbocycles. The maximum Gasteiger partial charge on any atom is 0.136 e. The summed E-state index contributed by atoms with van der Waals surface area (Å²) in [4.78, 5) is 10.7. The summed E-state index contributed by atoms with van der Waals surface area (Å²) in [6.45, 7) is 0. The van der Waals surface area contributed by atoms with Gasteiger partial charge in [-0.2, -0.15) is 0 Å². The molecule has 11 rings (SSSR count). The molecule has 0 saturated carbocycles. The molecule has 0 aliphatic heterocycles. The van der Waals surface area contributed by atoms with Crippen molar-refractivity contribution in [2.75, 3.05) is 4.90 Å². The van der Waals surface area contributed by atoms with E-state index in [1.165, 1.54) is 0 Å². The van der Waals surface area contributed by atoms with E-state index in [1.807, 2.05) is 97.1 Å². The highest BCUT2D eigenvalue weighted by atomic mass is 16.3. The Kier molecular flexibility index (Phi) is 5.06. The Balaban J connectivity index is 1.07. The Hall–Kier alpha value is -7.82. The van der Waals surface area contributed by atoms with Gasteiger partial charge in [0, 0.05) is 39.0 Å². The molecule has 58 heavy (non-hydrogen) atoms. The van der Waals surface area contributed by atoms with Crippen molar-refractivity contribution in [2.45, 2.75) is 0 Å². The van der Waals surface area contributed by atoms with Gasteiger partial charge in [0.1, 0.15) is 11.2 Å². The summed E-state index contributed by atoms with van der Waals surface area (Å²) in [5.41, 5.74) is 5.08. The smallest absolute Gasteiger partial charge is 0.136 e. The van der Waals surface area contributed by atoms with Crippen molar-refractivity contribution in [3.63, 3.8) is 0 Å². The lowest BCUT2D eigenvalue weighted by molar-refractivity contribution is 0.669. The third-order valence-electron chi connectivity index (χ3n) is 9.88. The molecule has 0 saturated heterocycles. The molecule has 0 aliphatic carbocycles. The first-order chi connectivity index (χ1) is 35.4. The highest BCUT2D eigenvalue weighted by molar-refractivity contribution is 6.13. The molecule has 4 nitrogen and oxygen atoms in total. The number of benzene rings is 9. The number of hydrogen-bond acceptors (Lipinski definition) is 4. The van der Waals surface area contributed by atoms with E-state index in [9.17, 15) is 8.22 Å². The van der Waals surface area contributed by atoms with Crippen LogP contribution in [-0.4, -0.2) is 9.97 Å². The molecule has 2 aromatic heterocycles. The Morgan fingerprint density at radius 3 is 1.76 bits per heavy atom. The van der Waals surface area contributed by atoms with Crippen molar-refractivity contribution >= 4 is 60.8 Å². The maximum absolute atomic E-state index is 9.67. The van der Waals surface area contributed by atoms with Gasteiger partial charge in [0.15, 0.2) is 0 Å². The van der Waals surface area contributed by atoms with E-state index >= 15 is 0 Å². The molecule has 0 radical (unpaired) electrons. The predicted molar refractivity (Wildman–Crippen MR) is 241 cm³/mol. The number of anilines is 3.